The van der Waals surface area contributed by atoms with Crippen molar-refractivity contribution in [2.24, 2.45) is 11.8 Å². The molecule has 4 amide bonds. The van der Waals surface area contributed by atoms with Crippen LogP contribution in [0.15, 0.2) is 72.8 Å². The van der Waals surface area contributed by atoms with Crippen LogP contribution in [-0.2, 0) is 61.4 Å². The molecule has 424 valence electrons. The highest BCUT2D eigenvalue weighted by atomic mass is 35.5. The number of rotatable bonds is 22. The minimum Gasteiger partial charge on any atom is -0.481 e. The maximum atomic E-state index is 14.2. The smallest absolute Gasteiger partial charge is 0.303 e. The van der Waals surface area contributed by atoms with Gasteiger partial charge in [-0.15, -0.1) is 0 Å². The van der Waals surface area contributed by atoms with Gasteiger partial charge in [-0.3, -0.25) is 47.7 Å². The van der Waals surface area contributed by atoms with Crippen molar-refractivity contribution in [3.05, 3.63) is 123 Å². The molecule has 0 spiro atoms. The highest BCUT2D eigenvalue weighted by Crippen LogP contribution is 2.34. The molecule has 4 aliphatic rings. The number of aliphatic carboxylic acids is 1. The summed E-state index contributed by atoms with van der Waals surface area (Å²) in [5.41, 5.74) is 9.38. The number of nitrogen functional groups attached to an aromatic ring is 1. The van der Waals surface area contributed by atoms with E-state index in [2.05, 4.69) is 20.8 Å². The third-order valence-corrected chi connectivity index (χ3v) is 14.4. The van der Waals surface area contributed by atoms with Crippen LogP contribution in [0.3, 0.4) is 0 Å². The molecule has 2 aromatic heterocycles. The van der Waals surface area contributed by atoms with Crippen molar-refractivity contribution in [3.63, 3.8) is 0 Å². The van der Waals surface area contributed by atoms with Gasteiger partial charge in [0, 0.05) is 85.9 Å². The minimum absolute atomic E-state index is 0. The number of hydrogen-bond acceptors (Lipinski definition) is 11. The molecule has 4 aliphatic carbocycles. The molecule has 4 fully saturated rings. The van der Waals surface area contributed by atoms with Gasteiger partial charge in [-0.05, 0) is 111 Å². The van der Waals surface area contributed by atoms with E-state index in [-0.39, 0.29) is 121 Å². The first kappa shape index (κ1) is 60.1. The van der Waals surface area contributed by atoms with Gasteiger partial charge in [-0.2, -0.15) is 10.2 Å². The molecule has 0 unspecified atom stereocenters. The topological polar surface area (TPSA) is 249 Å². The van der Waals surface area contributed by atoms with Crippen molar-refractivity contribution >= 4 is 97.6 Å². The largest absolute Gasteiger partial charge is 0.481 e. The predicted octanol–water partition coefficient (Wildman–Crippen LogP) is 8.68. The van der Waals surface area contributed by atoms with Crippen LogP contribution in [0.25, 0.3) is 21.8 Å². The zero-order valence-corrected chi connectivity index (χ0v) is 45.3. The maximum Gasteiger partial charge on any atom is 0.303 e. The minimum atomic E-state index is -0.650. The fraction of sp³-hybridized carbons (Fsp3) is 0.414. The molecule has 0 bridgehead atoms. The number of benzene rings is 4. The van der Waals surface area contributed by atoms with Gasteiger partial charge in [0.15, 0.2) is 11.6 Å². The van der Waals surface area contributed by atoms with Crippen molar-refractivity contribution < 1.29 is 52.2 Å². The number of nitrogens with one attached hydrogen (secondary N) is 2. The van der Waals surface area contributed by atoms with Crippen molar-refractivity contribution in [2.45, 2.75) is 130 Å². The van der Waals surface area contributed by atoms with E-state index in [0.29, 0.717) is 58.6 Å². The standard InChI is InChI=1S/C29H30ClFN4O4.C23H23ClFN5O3.C5H8O2.CH4/c1-17(36)29-23-13-19(12-22(37)11-18-5-6-18)7-10-25(23)35(33-29)16-27(39)34(21-8-9-21)15-26(38)32-14-20-3-2-4-24(30)28(20)31;1-13(31)23-17-9-15(26)5-8-19(17)30(28-23)12-21(33)29(16-6-7-16)11-20(32)27-10-14-3-2-4-18(24)22(14)25;6-5(7)3-4-1-2-4;/h2-4,7,10,13,18,21H,5-6,8-9,11-12,14-16H2,1H3,(H,32,38);2-5,8-9,16H,6-7,10-12,26H2,1H3,(H,27,32);4H,1-3H2,(H,6,7);1H4. The first-order valence-electron chi connectivity index (χ1n) is 26.2. The molecule has 2 heterocycles. The lowest BCUT2D eigenvalue weighted by Crippen LogP contribution is -2.43. The van der Waals surface area contributed by atoms with Crippen LogP contribution < -0.4 is 16.4 Å². The molecular weight excluding hydrogens is 1080 g/mol. The molecule has 22 heteroatoms. The highest BCUT2D eigenvalue weighted by Gasteiger charge is 2.36. The van der Waals surface area contributed by atoms with Gasteiger partial charge in [0.2, 0.25) is 23.6 Å². The number of fused-ring (bicyclic) bond motifs is 2. The summed E-state index contributed by atoms with van der Waals surface area (Å²) in [5.74, 6) is -2.48. The average Bonchev–Trinajstić information content (AvgIpc) is 4.18. The van der Waals surface area contributed by atoms with Crippen molar-refractivity contribution in [1.82, 2.24) is 40.0 Å². The van der Waals surface area contributed by atoms with E-state index in [0.717, 1.165) is 56.9 Å². The number of amides is 4. The molecule has 80 heavy (non-hydrogen) atoms. The van der Waals surface area contributed by atoms with E-state index < -0.39 is 29.4 Å². The number of halogens is 4. The lowest BCUT2D eigenvalue weighted by molar-refractivity contribution is -0.137. The third-order valence-electron chi connectivity index (χ3n) is 13.9. The van der Waals surface area contributed by atoms with Gasteiger partial charge < -0.3 is 31.3 Å². The van der Waals surface area contributed by atoms with Crippen LogP contribution >= 0.6 is 23.2 Å². The predicted molar refractivity (Wildman–Crippen MR) is 298 cm³/mol. The number of aromatic nitrogens is 4. The Kier molecular flexibility index (Phi) is 20.0. The molecule has 0 atom stereocenters. The highest BCUT2D eigenvalue weighted by molar-refractivity contribution is 6.31. The zero-order valence-electron chi connectivity index (χ0n) is 43.7. The summed E-state index contributed by atoms with van der Waals surface area (Å²) in [6.45, 7) is 2.15. The van der Waals surface area contributed by atoms with E-state index in [1.165, 1.54) is 57.3 Å². The van der Waals surface area contributed by atoms with Crippen molar-refractivity contribution in [3.8, 4) is 0 Å². The molecule has 4 aromatic carbocycles. The lowest BCUT2D eigenvalue weighted by atomic mass is 10.0. The summed E-state index contributed by atoms with van der Waals surface area (Å²) in [7, 11) is 0. The van der Waals surface area contributed by atoms with Gasteiger partial charge >= 0.3 is 5.97 Å². The van der Waals surface area contributed by atoms with Crippen molar-refractivity contribution in [1.29, 1.82) is 0 Å². The monoisotopic (exact) mass is 1140 g/mol. The van der Waals surface area contributed by atoms with Crippen LogP contribution in [0, 0.1) is 23.5 Å². The number of hydrogen-bond donors (Lipinski definition) is 4. The summed E-state index contributed by atoms with van der Waals surface area (Å²) < 4.78 is 31.1. The number of carboxylic acids is 1. The zero-order chi connectivity index (χ0) is 56.7. The molecule has 4 saturated carbocycles. The van der Waals surface area contributed by atoms with E-state index >= 15 is 0 Å². The average molecular weight is 1140 g/mol. The molecular formula is C58H65Cl2F2N9O9. The van der Waals surface area contributed by atoms with Gasteiger partial charge in [0.05, 0.1) is 34.2 Å². The summed E-state index contributed by atoms with van der Waals surface area (Å²) in [5, 5.41) is 23.3. The van der Waals surface area contributed by atoms with Gasteiger partial charge in [-0.1, -0.05) is 61.0 Å². The first-order chi connectivity index (χ1) is 37.7. The van der Waals surface area contributed by atoms with E-state index in [1.807, 2.05) is 12.1 Å². The molecule has 10 rings (SSSR count). The van der Waals surface area contributed by atoms with Gasteiger partial charge in [0.25, 0.3) is 0 Å². The number of ketones is 3. The molecule has 5 N–H and O–H groups in total. The van der Waals surface area contributed by atoms with Crippen LogP contribution in [0.4, 0.5) is 14.5 Å². The van der Waals surface area contributed by atoms with Gasteiger partial charge in [-0.25, -0.2) is 8.78 Å². The summed E-state index contributed by atoms with van der Waals surface area (Å²) in [6.07, 6.45) is 8.95. The van der Waals surface area contributed by atoms with E-state index in [1.54, 1.807) is 36.4 Å². The fourth-order valence-corrected chi connectivity index (χ4v) is 9.43. The SMILES string of the molecule is C.CC(=O)c1nn(CC(=O)N(CC(=O)NCc2cccc(Cl)c2F)C2CC2)c2ccc(CC(=O)CC3CC3)cc12.CC(=O)c1nn(CC(=O)N(CC(=O)NCc2cccc(Cl)c2F)C2CC2)c2ccc(N)cc12.O=C(O)CC1CC1. The second kappa shape index (κ2) is 26.6. The Balaban J connectivity index is 0.000000205. The van der Waals surface area contributed by atoms with Crippen molar-refractivity contribution in [2.75, 3.05) is 18.8 Å². The molecule has 0 aliphatic heterocycles. The van der Waals surface area contributed by atoms with Gasteiger partial charge in [0.1, 0.15) is 41.9 Å². The Hall–Kier alpha value is -7.58. The van der Waals surface area contributed by atoms with Crippen LogP contribution in [-0.4, -0.2) is 107 Å². The number of nitrogens with two attached hydrogens (primary N) is 1. The number of nitrogens with zero attached hydrogens (tertiary/aromatic N) is 6. The molecule has 18 nitrogen and oxygen atoms in total. The number of carboxylic acid groups (broad SMARTS) is 1. The Morgan fingerprint density at radius 1 is 0.637 bits per heavy atom. The summed E-state index contributed by atoms with van der Waals surface area (Å²) >= 11 is 11.6. The second-order valence-corrected chi connectivity index (χ2v) is 21.5. The van der Waals surface area contributed by atoms with Crippen LogP contribution in [0.1, 0.15) is 123 Å². The summed E-state index contributed by atoms with van der Waals surface area (Å²) in [6, 6.07) is 19.5. The molecule has 0 radical (unpaired) electrons. The number of anilines is 1. The number of carbonyl (C=O) groups excluding carboxylic acids is 7. The van der Waals surface area contributed by atoms with E-state index in [9.17, 15) is 47.1 Å². The Labute approximate surface area is 471 Å². The number of carbonyl (C=O) groups is 8. The first-order valence-corrected chi connectivity index (χ1v) is 27.0. The molecule has 6 aromatic rings. The Morgan fingerprint density at radius 3 is 1.49 bits per heavy atom. The normalized spacial score (nSPS) is 14.4. The Bertz CT molecular complexity index is 3350. The quantitative estimate of drug-likeness (QED) is 0.0368. The van der Waals surface area contributed by atoms with Crippen LogP contribution in [0.5, 0.6) is 0 Å². The molecule has 0 saturated heterocycles. The number of Topliss-reactive ketones (excluding diaryl/α,β-unsaturated/α-hetero) is 3. The van der Waals surface area contributed by atoms with Crippen LogP contribution in [0.2, 0.25) is 10.0 Å². The van der Waals surface area contributed by atoms with E-state index in [4.69, 9.17) is 34.0 Å². The fourth-order valence-electron chi connectivity index (χ4n) is 9.04. The lowest BCUT2D eigenvalue weighted by Gasteiger charge is -2.22. The second-order valence-electron chi connectivity index (χ2n) is 20.6. The maximum absolute atomic E-state index is 14.2. The Morgan fingerprint density at radius 2 is 1.07 bits per heavy atom. The summed E-state index contributed by atoms with van der Waals surface area (Å²) in [4.78, 5) is 101. The third kappa shape index (κ3) is 16.3.